The summed E-state index contributed by atoms with van der Waals surface area (Å²) in [6, 6.07) is -0.544. The number of allylic oxidation sites excluding steroid dienone is 2. The third-order valence-corrected chi connectivity index (χ3v) is 16.6. The lowest BCUT2D eigenvalue weighted by Crippen LogP contribution is -2.45. The highest BCUT2D eigenvalue weighted by molar-refractivity contribution is 5.76. The molecular weight excluding hydrogens is 935 g/mol. The first-order valence-electron chi connectivity index (χ1n) is 34.9. The third-order valence-electron chi connectivity index (χ3n) is 16.6. The summed E-state index contributed by atoms with van der Waals surface area (Å²) in [6.45, 7) is 4.99. The lowest BCUT2D eigenvalue weighted by molar-refractivity contribution is -0.143. The Labute approximate surface area is 476 Å². The Kier molecular flexibility index (Phi) is 64.9. The standard InChI is InChI=1S/C70H137NO5/c1-3-5-7-9-11-13-15-17-18-19-20-26-29-32-35-39-42-46-50-54-58-62-68(73)67(66-72)71-69(74)63-59-55-51-47-43-40-36-33-30-27-24-22-21-23-25-28-31-34-37-41-45-49-53-57-61-65-76-70(75)64-60-56-52-48-44-38-16-14-12-10-8-6-4-2/h22,24,67-68,72-73H,3-21,23,25-66H2,1-2H3,(H,71,74)/b24-22-. The number of hydrogen-bond acceptors (Lipinski definition) is 5. The van der Waals surface area contributed by atoms with Crippen molar-refractivity contribution < 1.29 is 24.5 Å². The zero-order valence-electron chi connectivity index (χ0n) is 51.8. The summed E-state index contributed by atoms with van der Waals surface area (Å²) in [7, 11) is 0. The Bertz CT molecular complexity index is 1140. The molecule has 0 aliphatic rings. The van der Waals surface area contributed by atoms with Gasteiger partial charge in [-0.3, -0.25) is 9.59 Å². The summed E-state index contributed by atoms with van der Waals surface area (Å²) in [5.74, 6) is -0.0172. The molecule has 0 aromatic carbocycles. The lowest BCUT2D eigenvalue weighted by Gasteiger charge is -2.22. The van der Waals surface area contributed by atoms with Crippen LogP contribution in [0.4, 0.5) is 0 Å². The van der Waals surface area contributed by atoms with Gasteiger partial charge in [-0.05, 0) is 51.4 Å². The van der Waals surface area contributed by atoms with E-state index in [4.69, 9.17) is 4.74 Å². The number of carbonyl (C=O) groups excluding carboxylic acids is 2. The second-order valence-corrected chi connectivity index (χ2v) is 24.2. The van der Waals surface area contributed by atoms with Crippen molar-refractivity contribution in [2.75, 3.05) is 13.2 Å². The molecule has 0 fully saturated rings. The summed E-state index contributed by atoms with van der Waals surface area (Å²) < 4.78 is 5.49. The van der Waals surface area contributed by atoms with Crippen molar-refractivity contribution in [1.29, 1.82) is 0 Å². The fourth-order valence-electron chi connectivity index (χ4n) is 11.2. The first-order valence-corrected chi connectivity index (χ1v) is 34.9. The second-order valence-electron chi connectivity index (χ2n) is 24.2. The topological polar surface area (TPSA) is 95.9 Å². The number of nitrogens with one attached hydrogen (secondary N) is 1. The highest BCUT2D eigenvalue weighted by Gasteiger charge is 2.20. The first-order chi connectivity index (χ1) is 37.5. The summed E-state index contributed by atoms with van der Waals surface area (Å²) in [5, 5.41) is 23.4. The highest BCUT2D eigenvalue weighted by atomic mass is 16.5. The molecule has 2 atom stereocenters. The predicted molar refractivity (Wildman–Crippen MR) is 333 cm³/mol. The quantitative estimate of drug-likeness (QED) is 0.0320. The van der Waals surface area contributed by atoms with Crippen LogP contribution in [-0.4, -0.2) is 47.4 Å². The van der Waals surface area contributed by atoms with Gasteiger partial charge in [0.2, 0.25) is 5.91 Å². The van der Waals surface area contributed by atoms with Gasteiger partial charge in [-0.2, -0.15) is 0 Å². The van der Waals surface area contributed by atoms with E-state index in [1.807, 2.05) is 0 Å². The molecule has 1 amide bonds. The molecule has 0 saturated carbocycles. The van der Waals surface area contributed by atoms with Crippen molar-refractivity contribution in [2.24, 2.45) is 0 Å². The predicted octanol–water partition coefficient (Wildman–Crippen LogP) is 22.4. The average molecular weight is 1070 g/mol. The van der Waals surface area contributed by atoms with Crippen LogP contribution in [0.5, 0.6) is 0 Å². The maximum Gasteiger partial charge on any atom is 0.305 e. The largest absolute Gasteiger partial charge is 0.466 e. The molecule has 0 saturated heterocycles. The Balaban J connectivity index is 3.39. The van der Waals surface area contributed by atoms with E-state index >= 15 is 0 Å². The van der Waals surface area contributed by atoms with Crippen LogP contribution in [-0.2, 0) is 14.3 Å². The van der Waals surface area contributed by atoms with E-state index in [-0.39, 0.29) is 18.5 Å². The van der Waals surface area contributed by atoms with Crippen LogP contribution < -0.4 is 5.32 Å². The van der Waals surface area contributed by atoms with Crippen molar-refractivity contribution in [2.45, 2.75) is 411 Å². The molecule has 452 valence electrons. The molecule has 3 N–H and O–H groups in total. The van der Waals surface area contributed by atoms with E-state index in [1.54, 1.807) is 0 Å². The number of amides is 1. The van der Waals surface area contributed by atoms with Gasteiger partial charge in [0.15, 0.2) is 0 Å². The van der Waals surface area contributed by atoms with Crippen molar-refractivity contribution in [1.82, 2.24) is 5.32 Å². The molecule has 6 nitrogen and oxygen atoms in total. The number of aliphatic hydroxyl groups is 2. The minimum Gasteiger partial charge on any atom is -0.466 e. The summed E-state index contributed by atoms with van der Waals surface area (Å²) >= 11 is 0. The van der Waals surface area contributed by atoms with Crippen molar-refractivity contribution in [3.63, 3.8) is 0 Å². The fraction of sp³-hybridized carbons (Fsp3) is 0.943. The molecule has 0 spiro atoms. The van der Waals surface area contributed by atoms with Crippen LogP contribution in [0, 0.1) is 0 Å². The van der Waals surface area contributed by atoms with E-state index in [2.05, 4.69) is 31.3 Å². The van der Waals surface area contributed by atoms with Crippen LogP contribution in [0.1, 0.15) is 399 Å². The van der Waals surface area contributed by atoms with E-state index < -0.39 is 12.1 Å². The number of aliphatic hydroxyl groups excluding tert-OH is 2. The maximum atomic E-state index is 12.5. The Hall–Kier alpha value is -1.40. The fourth-order valence-corrected chi connectivity index (χ4v) is 11.2. The molecule has 0 bridgehead atoms. The average Bonchev–Trinajstić information content (AvgIpc) is 3.42. The number of carbonyl (C=O) groups is 2. The highest BCUT2D eigenvalue weighted by Crippen LogP contribution is 2.19. The Morgan fingerprint density at radius 1 is 0.355 bits per heavy atom. The van der Waals surface area contributed by atoms with E-state index in [0.29, 0.717) is 25.9 Å². The van der Waals surface area contributed by atoms with Crippen molar-refractivity contribution in [3.8, 4) is 0 Å². The molecule has 2 unspecified atom stereocenters. The van der Waals surface area contributed by atoms with E-state index in [0.717, 1.165) is 38.5 Å². The molecular formula is C70H137NO5. The molecule has 0 aromatic rings. The third kappa shape index (κ3) is 61.8. The van der Waals surface area contributed by atoms with Gasteiger partial charge in [-0.25, -0.2) is 0 Å². The van der Waals surface area contributed by atoms with Crippen molar-refractivity contribution >= 4 is 11.9 Å². The van der Waals surface area contributed by atoms with E-state index in [1.165, 1.54) is 327 Å². The minimum atomic E-state index is -0.667. The molecule has 0 aliphatic heterocycles. The molecule has 0 radical (unpaired) electrons. The second kappa shape index (κ2) is 66.1. The first kappa shape index (κ1) is 74.6. The lowest BCUT2D eigenvalue weighted by atomic mass is 10.0. The number of unbranched alkanes of at least 4 members (excludes halogenated alkanes) is 53. The van der Waals surface area contributed by atoms with Crippen LogP contribution in [0.3, 0.4) is 0 Å². The van der Waals surface area contributed by atoms with Gasteiger partial charge in [0.1, 0.15) is 0 Å². The molecule has 6 heteroatoms. The maximum absolute atomic E-state index is 12.5. The summed E-state index contributed by atoms with van der Waals surface area (Å²) in [6.07, 6.45) is 81.1. The van der Waals surface area contributed by atoms with Gasteiger partial charge >= 0.3 is 5.97 Å². The molecule has 0 aromatic heterocycles. The van der Waals surface area contributed by atoms with Gasteiger partial charge in [0.25, 0.3) is 0 Å². The number of hydrogen-bond donors (Lipinski definition) is 3. The zero-order chi connectivity index (χ0) is 55.0. The Morgan fingerprint density at radius 3 is 0.934 bits per heavy atom. The van der Waals surface area contributed by atoms with Gasteiger partial charge in [-0.1, -0.05) is 347 Å². The van der Waals surface area contributed by atoms with Gasteiger partial charge < -0.3 is 20.3 Å². The normalized spacial score (nSPS) is 12.5. The SMILES string of the molecule is CCCCCCCCCCCCCCCCCCCCCCCC(O)C(CO)NC(=O)CCCCCCCCCCC/C=C\CCCCCCCCCCCCCCOC(=O)CCCCCCCCCCCCCCC. The number of ether oxygens (including phenoxy) is 1. The smallest absolute Gasteiger partial charge is 0.305 e. The zero-order valence-corrected chi connectivity index (χ0v) is 51.8. The van der Waals surface area contributed by atoms with Gasteiger partial charge in [-0.15, -0.1) is 0 Å². The molecule has 0 rings (SSSR count). The van der Waals surface area contributed by atoms with Gasteiger partial charge in [0, 0.05) is 12.8 Å². The van der Waals surface area contributed by atoms with Crippen LogP contribution in [0.25, 0.3) is 0 Å². The van der Waals surface area contributed by atoms with E-state index in [9.17, 15) is 19.8 Å². The summed E-state index contributed by atoms with van der Waals surface area (Å²) in [5.41, 5.74) is 0. The monoisotopic (exact) mass is 1070 g/mol. The molecule has 76 heavy (non-hydrogen) atoms. The van der Waals surface area contributed by atoms with Crippen LogP contribution in [0.2, 0.25) is 0 Å². The van der Waals surface area contributed by atoms with Crippen molar-refractivity contribution in [3.05, 3.63) is 12.2 Å². The Morgan fingerprint density at radius 2 is 0.618 bits per heavy atom. The number of esters is 1. The van der Waals surface area contributed by atoms with Crippen LogP contribution >= 0.6 is 0 Å². The van der Waals surface area contributed by atoms with Gasteiger partial charge in [0.05, 0.1) is 25.4 Å². The molecule has 0 heterocycles. The summed E-state index contributed by atoms with van der Waals surface area (Å²) in [4.78, 5) is 24.6. The minimum absolute atomic E-state index is 0.0161. The number of rotatable bonds is 66. The molecule has 0 aliphatic carbocycles. The van der Waals surface area contributed by atoms with Crippen LogP contribution in [0.15, 0.2) is 12.2 Å².